The maximum absolute atomic E-state index is 13.0. The number of rotatable bonds is 3. The second-order valence-corrected chi connectivity index (χ2v) is 6.48. The number of aryl methyl sites for hydroxylation is 1. The Morgan fingerprint density at radius 3 is 2.92 bits per heavy atom. The van der Waals surface area contributed by atoms with Crippen LogP contribution in [0.5, 0.6) is 0 Å². The van der Waals surface area contributed by atoms with Gasteiger partial charge < -0.3 is 18.9 Å². The van der Waals surface area contributed by atoms with Gasteiger partial charge in [-0.1, -0.05) is 23.4 Å². The summed E-state index contributed by atoms with van der Waals surface area (Å²) in [6.45, 7) is 3.78. The van der Waals surface area contributed by atoms with Gasteiger partial charge in [0.2, 0.25) is 11.8 Å². The molecule has 1 aliphatic heterocycles. The number of furan rings is 1. The van der Waals surface area contributed by atoms with Crippen molar-refractivity contribution in [3.05, 3.63) is 47.8 Å². The molecule has 0 aliphatic carbocycles. The molecular weight excluding hydrogens is 322 g/mol. The molecule has 7 nitrogen and oxygen atoms in total. The normalized spacial score (nSPS) is 21.8. The number of para-hydroxylation sites is 1. The van der Waals surface area contributed by atoms with E-state index in [1.807, 2.05) is 30.3 Å². The third-order valence-corrected chi connectivity index (χ3v) is 4.63. The number of benzene rings is 1. The molecule has 1 aliphatic rings. The smallest absolute Gasteiger partial charge is 0.249 e. The van der Waals surface area contributed by atoms with E-state index in [0.717, 1.165) is 11.0 Å². The van der Waals surface area contributed by atoms with Crippen LogP contribution < -0.4 is 0 Å². The van der Waals surface area contributed by atoms with Gasteiger partial charge in [-0.15, -0.1) is 0 Å². The number of nitrogens with zero attached hydrogens (tertiary/aromatic N) is 3. The number of hydrogen-bond donors (Lipinski definition) is 1. The number of aromatic nitrogens is 2. The van der Waals surface area contributed by atoms with Crippen LogP contribution >= 0.6 is 0 Å². The summed E-state index contributed by atoms with van der Waals surface area (Å²) in [6.07, 6.45) is -0.218. The van der Waals surface area contributed by atoms with Crippen molar-refractivity contribution in [2.75, 3.05) is 6.54 Å². The molecule has 0 spiro atoms. The molecule has 4 rings (SSSR count). The van der Waals surface area contributed by atoms with Gasteiger partial charge in [0.05, 0.1) is 12.0 Å². The number of amides is 1. The molecule has 3 aromatic rings. The molecule has 0 saturated carbocycles. The van der Waals surface area contributed by atoms with Crippen LogP contribution in [0.2, 0.25) is 0 Å². The van der Waals surface area contributed by atoms with Crippen LogP contribution in [-0.2, 0) is 4.79 Å². The second-order valence-electron chi connectivity index (χ2n) is 6.48. The Balaban J connectivity index is 1.61. The number of fused-ring (bicyclic) bond motifs is 1. The monoisotopic (exact) mass is 341 g/mol. The number of β-amino-alcohol motifs (C(OH)–C–C–N with tert-alkyl or cyclic N) is 1. The van der Waals surface area contributed by atoms with Gasteiger partial charge in [0.25, 0.3) is 0 Å². The van der Waals surface area contributed by atoms with Gasteiger partial charge in [-0.25, -0.2) is 0 Å². The Labute approximate surface area is 144 Å². The maximum Gasteiger partial charge on any atom is 0.249 e. The van der Waals surface area contributed by atoms with Crippen LogP contribution in [0.1, 0.15) is 42.8 Å². The first-order valence-corrected chi connectivity index (χ1v) is 8.30. The highest BCUT2D eigenvalue weighted by atomic mass is 16.5. The summed E-state index contributed by atoms with van der Waals surface area (Å²) < 4.78 is 11.0. The fourth-order valence-electron chi connectivity index (χ4n) is 3.33. The Kier molecular flexibility index (Phi) is 3.80. The lowest BCUT2D eigenvalue weighted by Gasteiger charge is -2.24. The van der Waals surface area contributed by atoms with E-state index >= 15 is 0 Å². The average Bonchev–Trinajstić information content (AvgIpc) is 3.30. The van der Waals surface area contributed by atoms with Crippen molar-refractivity contribution in [3.63, 3.8) is 0 Å². The molecular formula is C18H19N3O4. The fraction of sp³-hybridized carbons (Fsp3) is 0.389. The lowest BCUT2D eigenvalue weighted by Crippen LogP contribution is -2.35. The highest BCUT2D eigenvalue weighted by Gasteiger charge is 2.40. The molecule has 1 amide bonds. The summed E-state index contributed by atoms with van der Waals surface area (Å²) in [5, 5.41) is 14.8. The molecule has 1 aromatic carbocycles. The summed E-state index contributed by atoms with van der Waals surface area (Å²) in [4.78, 5) is 18.9. The maximum atomic E-state index is 13.0. The summed E-state index contributed by atoms with van der Waals surface area (Å²) in [5.41, 5.74) is 0.752. The molecule has 1 unspecified atom stereocenters. The Bertz CT molecular complexity index is 883. The van der Waals surface area contributed by atoms with E-state index < -0.39 is 18.1 Å². The zero-order valence-electron chi connectivity index (χ0n) is 14.0. The fourth-order valence-corrected chi connectivity index (χ4v) is 3.33. The molecule has 3 heterocycles. The van der Waals surface area contributed by atoms with Gasteiger partial charge >= 0.3 is 0 Å². The first-order chi connectivity index (χ1) is 12.0. The zero-order valence-corrected chi connectivity index (χ0v) is 14.0. The van der Waals surface area contributed by atoms with Crippen molar-refractivity contribution in [2.45, 2.75) is 38.3 Å². The van der Waals surface area contributed by atoms with Crippen LogP contribution in [0.15, 0.2) is 39.3 Å². The molecule has 2 aromatic heterocycles. The van der Waals surface area contributed by atoms with E-state index in [-0.39, 0.29) is 12.5 Å². The van der Waals surface area contributed by atoms with Gasteiger partial charge in [0.15, 0.2) is 5.82 Å². The van der Waals surface area contributed by atoms with E-state index in [1.54, 1.807) is 18.7 Å². The van der Waals surface area contributed by atoms with Crippen LogP contribution in [0.4, 0.5) is 0 Å². The predicted octanol–water partition coefficient (Wildman–Crippen LogP) is 2.56. The minimum absolute atomic E-state index is 0.128. The van der Waals surface area contributed by atoms with Gasteiger partial charge in [0, 0.05) is 18.4 Å². The number of hydrogen-bond acceptors (Lipinski definition) is 6. The quantitative estimate of drug-likeness (QED) is 0.787. The van der Waals surface area contributed by atoms with Crippen molar-refractivity contribution in [1.29, 1.82) is 0 Å². The van der Waals surface area contributed by atoms with Gasteiger partial charge in [-0.05, 0) is 26.0 Å². The molecule has 1 fully saturated rings. The van der Waals surface area contributed by atoms with Crippen molar-refractivity contribution >= 4 is 16.9 Å². The van der Waals surface area contributed by atoms with Gasteiger partial charge in [-0.3, -0.25) is 4.79 Å². The Morgan fingerprint density at radius 2 is 2.20 bits per heavy atom. The van der Waals surface area contributed by atoms with E-state index in [0.29, 0.717) is 23.9 Å². The molecule has 1 saturated heterocycles. The highest BCUT2D eigenvalue weighted by Crippen LogP contribution is 2.35. The minimum atomic E-state index is -0.607. The number of aliphatic hydroxyl groups is 1. The van der Waals surface area contributed by atoms with Crippen LogP contribution in [0.25, 0.3) is 11.0 Å². The van der Waals surface area contributed by atoms with Crippen molar-refractivity contribution in [3.8, 4) is 0 Å². The molecule has 7 heteroatoms. The first-order valence-electron chi connectivity index (χ1n) is 8.30. The second kappa shape index (κ2) is 6.00. The Morgan fingerprint density at radius 1 is 1.40 bits per heavy atom. The number of likely N-dealkylation sites (tertiary alicyclic amines) is 1. The lowest BCUT2D eigenvalue weighted by molar-refractivity contribution is -0.134. The summed E-state index contributed by atoms with van der Waals surface area (Å²) in [6, 6.07) is 9.13. The van der Waals surface area contributed by atoms with Gasteiger partial charge in [0.1, 0.15) is 17.4 Å². The Hall–Kier alpha value is -2.67. The third kappa shape index (κ3) is 2.80. The van der Waals surface area contributed by atoms with Crippen molar-refractivity contribution < 1.29 is 18.8 Å². The number of carbonyl (C=O) groups is 1. The summed E-state index contributed by atoms with van der Waals surface area (Å²) in [5.74, 6) is 0.877. The van der Waals surface area contributed by atoms with Crippen molar-refractivity contribution in [1.82, 2.24) is 15.0 Å². The standard InChI is InChI=1S/C18H19N3O4/c1-10(16-7-12-5-3-4-6-15(12)24-16)18(23)21-9-13(22)8-14(21)17-19-11(2)20-25-17/h3-7,10,13-14,22H,8-9H2,1-2H3/t10?,13-,14+/m0/s1. The lowest BCUT2D eigenvalue weighted by atomic mass is 10.1. The molecule has 3 atom stereocenters. The number of carbonyl (C=O) groups excluding carboxylic acids is 1. The van der Waals surface area contributed by atoms with Gasteiger partial charge in [-0.2, -0.15) is 4.98 Å². The van der Waals surface area contributed by atoms with E-state index in [1.165, 1.54) is 0 Å². The first kappa shape index (κ1) is 15.8. The largest absolute Gasteiger partial charge is 0.460 e. The van der Waals surface area contributed by atoms with Crippen molar-refractivity contribution in [2.24, 2.45) is 0 Å². The van der Waals surface area contributed by atoms with E-state index in [2.05, 4.69) is 10.1 Å². The molecule has 25 heavy (non-hydrogen) atoms. The molecule has 0 bridgehead atoms. The topological polar surface area (TPSA) is 92.6 Å². The third-order valence-electron chi connectivity index (χ3n) is 4.63. The molecule has 130 valence electrons. The SMILES string of the molecule is Cc1noc([C@H]2C[C@H](O)CN2C(=O)C(C)c2cc3ccccc3o2)n1. The predicted molar refractivity (Wildman–Crippen MR) is 88.7 cm³/mol. The molecule has 1 N–H and O–H groups in total. The highest BCUT2D eigenvalue weighted by molar-refractivity contribution is 5.86. The van der Waals surface area contributed by atoms with Crippen LogP contribution in [0, 0.1) is 6.92 Å². The molecule has 0 radical (unpaired) electrons. The van der Waals surface area contributed by atoms with E-state index in [4.69, 9.17) is 8.94 Å². The average molecular weight is 341 g/mol. The zero-order chi connectivity index (χ0) is 17.6. The van der Waals surface area contributed by atoms with Crippen LogP contribution in [0.3, 0.4) is 0 Å². The summed E-state index contributed by atoms with van der Waals surface area (Å²) >= 11 is 0. The van der Waals surface area contributed by atoms with E-state index in [9.17, 15) is 9.90 Å². The minimum Gasteiger partial charge on any atom is -0.460 e. The summed E-state index contributed by atoms with van der Waals surface area (Å²) in [7, 11) is 0. The number of aliphatic hydroxyl groups excluding tert-OH is 1. The van der Waals surface area contributed by atoms with Crippen LogP contribution in [-0.4, -0.2) is 38.7 Å².